The van der Waals surface area contributed by atoms with Crippen molar-refractivity contribution in [2.45, 2.75) is 19.3 Å². The van der Waals surface area contributed by atoms with E-state index in [1.165, 1.54) is 33.8 Å². The SMILES string of the molecule is c1cc(-c2csnn2)ccc1Cc1ccc2c(c1)CCNCC2. The Morgan fingerprint density at radius 2 is 1.70 bits per heavy atom. The number of nitrogens with zero attached hydrogens (tertiary/aromatic N) is 2. The third-order valence-corrected chi connectivity index (χ3v) is 4.94. The lowest BCUT2D eigenvalue weighted by Gasteiger charge is -2.09. The van der Waals surface area contributed by atoms with Gasteiger partial charge in [-0.1, -0.05) is 47.0 Å². The maximum Gasteiger partial charge on any atom is 0.105 e. The molecule has 1 N–H and O–H groups in total. The highest BCUT2D eigenvalue weighted by atomic mass is 32.1. The van der Waals surface area contributed by atoms with E-state index in [4.69, 9.17) is 0 Å². The number of benzene rings is 2. The molecule has 4 rings (SSSR count). The van der Waals surface area contributed by atoms with Crippen molar-refractivity contribution < 1.29 is 0 Å². The molecule has 116 valence electrons. The Kier molecular flexibility index (Phi) is 4.18. The van der Waals surface area contributed by atoms with E-state index in [1.807, 2.05) is 5.38 Å². The van der Waals surface area contributed by atoms with Crippen molar-refractivity contribution in [3.63, 3.8) is 0 Å². The van der Waals surface area contributed by atoms with Crippen LogP contribution in [-0.2, 0) is 19.3 Å². The highest BCUT2D eigenvalue weighted by Crippen LogP contribution is 2.21. The number of fused-ring (bicyclic) bond motifs is 1. The van der Waals surface area contributed by atoms with Gasteiger partial charge in [0.15, 0.2) is 0 Å². The molecule has 3 aromatic rings. The second kappa shape index (κ2) is 6.60. The summed E-state index contributed by atoms with van der Waals surface area (Å²) in [5.74, 6) is 0. The molecule has 0 fully saturated rings. The van der Waals surface area contributed by atoms with Gasteiger partial charge in [-0.3, -0.25) is 0 Å². The van der Waals surface area contributed by atoms with Gasteiger partial charge in [0, 0.05) is 10.9 Å². The number of rotatable bonds is 3. The monoisotopic (exact) mass is 321 g/mol. The van der Waals surface area contributed by atoms with Crippen molar-refractivity contribution in [3.05, 3.63) is 70.1 Å². The lowest BCUT2D eigenvalue weighted by Crippen LogP contribution is -2.16. The number of hydrogen-bond donors (Lipinski definition) is 1. The Hall–Kier alpha value is -2.04. The predicted molar refractivity (Wildman–Crippen MR) is 94.9 cm³/mol. The van der Waals surface area contributed by atoms with Gasteiger partial charge in [-0.15, -0.1) is 5.10 Å². The van der Waals surface area contributed by atoms with Crippen LogP contribution in [0.5, 0.6) is 0 Å². The summed E-state index contributed by atoms with van der Waals surface area (Å²) in [6, 6.07) is 15.7. The maximum atomic E-state index is 4.12. The molecule has 1 aliphatic rings. The number of hydrogen-bond acceptors (Lipinski definition) is 4. The molecule has 1 aliphatic heterocycles. The third-order valence-electron chi connectivity index (χ3n) is 4.43. The smallest absolute Gasteiger partial charge is 0.105 e. The Labute approximate surface area is 140 Å². The molecule has 0 radical (unpaired) electrons. The van der Waals surface area contributed by atoms with E-state index in [1.54, 1.807) is 0 Å². The van der Waals surface area contributed by atoms with Gasteiger partial charge in [0.1, 0.15) is 5.69 Å². The topological polar surface area (TPSA) is 37.8 Å². The first-order valence-corrected chi connectivity index (χ1v) is 8.90. The lowest BCUT2D eigenvalue weighted by molar-refractivity contribution is 0.711. The van der Waals surface area contributed by atoms with Gasteiger partial charge < -0.3 is 5.32 Å². The molecule has 1 aromatic heterocycles. The number of nitrogens with one attached hydrogen (secondary N) is 1. The minimum absolute atomic E-state index is 0.957. The predicted octanol–water partition coefficient (Wildman–Crippen LogP) is 3.48. The quantitative estimate of drug-likeness (QED) is 0.802. The fraction of sp³-hybridized carbons (Fsp3) is 0.263. The average molecular weight is 321 g/mol. The first kappa shape index (κ1) is 14.5. The van der Waals surface area contributed by atoms with Crippen molar-refractivity contribution >= 4 is 11.5 Å². The zero-order valence-electron chi connectivity index (χ0n) is 13.0. The van der Waals surface area contributed by atoms with Crippen LogP contribution in [0.1, 0.15) is 22.3 Å². The summed E-state index contributed by atoms with van der Waals surface area (Å²) in [5.41, 5.74) is 7.84. The standard InChI is InChI=1S/C19H19N3S/c1-5-17(19-13-23-22-21-19)6-2-14(1)11-15-3-4-16-7-9-20-10-8-18(16)12-15/h1-6,12-13,20H,7-11H2. The van der Waals surface area contributed by atoms with Crippen molar-refractivity contribution in [1.29, 1.82) is 0 Å². The van der Waals surface area contributed by atoms with Crippen LogP contribution in [0.15, 0.2) is 47.8 Å². The molecule has 0 aliphatic carbocycles. The summed E-state index contributed by atoms with van der Waals surface area (Å²) in [6.07, 6.45) is 3.27. The average Bonchev–Trinajstić information content (AvgIpc) is 3.02. The van der Waals surface area contributed by atoms with Gasteiger partial charge >= 0.3 is 0 Å². The molecule has 2 aromatic carbocycles. The van der Waals surface area contributed by atoms with Crippen LogP contribution < -0.4 is 5.32 Å². The van der Waals surface area contributed by atoms with E-state index in [-0.39, 0.29) is 0 Å². The summed E-state index contributed by atoms with van der Waals surface area (Å²) < 4.78 is 3.92. The molecule has 3 nitrogen and oxygen atoms in total. The summed E-state index contributed by atoms with van der Waals surface area (Å²) >= 11 is 1.39. The molecule has 0 atom stereocenters. The van der Waals surface area contributed by atoms with E-state index >= 15 is 0 Å². The Bertz CT molecular complexity index is 779. The third kappa shape index (κ3) is 3.33. The molecular weight excluding hydrogens is 302 g/mol. The van der Waals surface area contributed by atoms with E-state index in [9.17, 15) is 0 Å². The maximum absolute atomic E-state index is 4.12. The van der Waals surface area contributed by atoms with Crippen molar-refractivity contribution in [1.82, 2.24) is 14.9 Å². The fourth-order valence-corrected chi connectivity index (χ4v) is 3.62. The van der Waals surface area contributed by atoms with Gasteiger partial charge in [-0.25, -0.2) is 0 Å². The van der Waals surface area contributed by atoms with Crippen LogP contribution in [0.2, 0.25) is 0 Å². The van der Waals surface area contributed by atoms with Crippen LogP contribution in [-0.4, -0.2) is 22.7 Å². The van der Waals surface area contributed by atoms with Crippen LogP contribution in [0.3, 0.4) is 0 Å². The van der Waals surface area contributed by atoms with Gasteiger partial charge in [0.25, 0.3) is 0 Å². The highest BCUT2D eigenvalue weighted by Gasteiger charge is 2.08. The second-order valence-electron chi connectivity index (χ2n) is 6.02. The van der Waals surface area contributed by atoms with Crippen molar-refractivity contribution in [2.24, 2.45) is 0 Å². The zero-order valence-corrected chi connectivity index (χ0v) is 13.8. The van der Waals surface area contributed by atoms with Crippen molar-refractivity contribution in [2.75, 3.05) is 13.1 Å². The van der Waals surface area contributed by atoms with E-state index < -0.39 is 0 Å². The summed E-state index contributed by atoms with van der Waals surface area (Å²) in [5, 5.41) is 9.57. The molecule has 2 heterocycles. The Morgan fingerprint density at radius 1 is 0.913 bits per heavy atom. The Morgan fingerprint density at radius 3 is 2.48 bits per heavy atom. The molecule has 0 amide bonds. The Balaban J connectivity index is 1.53. The minimum atomic E-state index is 0.957. The molecule has 4 heteroatoms. The fourth-order valence-electron chi connectivity index (χ4n) is 3.16. The molecule has 0 saturated heterocycles. The van der Waals surface area contributed by atoms with Gasteiger partial charge in [-0.05, 0) is 66.1 Å². The summed E-state index contributed by atoms with van der Waals surface area (Å²) in [7, 11) is 0. The summed E-state index contributed by atoms with van der Waals surface area (Å²) in [6.45, 7) is 2.19. The molecule has 0 unspecified atom stereocenters. The van der Waals surface area contributed by atoms with Gasteiger partial charge in [0.2, 0.25) is 0 Å². The molecule has 0 bridgehead atoms. The van der Waals surface area contributed by atoms with E-state index in [0.717, 1.165) is 43.6 Å². The van der Waals surface area contributed by atoms with Crippen LogP contribution in [0.25, 0.3) is 11.3 Å². The molecule has 0 spiro atoms. The van der Waals surface area contributed by atoms with Crippen LogP contribution >= 0.6 is 11.5 Å². The molecule has 0 saturated carbocycles. The summed E-state index contributed by atoms with van der Waals surface area (Å²) in [4.78, 5) is 0. The minimum Gasteiger partial charge on any atom is -0.316 e. The van der Waals surface area contributed by atoms with E-state index in [0.29, 0.717) is 0 Å². The number of aromatic nitrogens is 2. The molecular formula is C19H19N3S. The van der Waals surface area contributed by atoms with Crippen LogP contribution in [0.4, 0.5) is 0 Å². The normalized spacial score (nSPS) is 14.3. The van der Waals surface area contributed by atoms with Crippen molar-refractivity contribution in [3.8, 4) is 11.3 Å². The zero-order chi connectivity index (χ0) is 15.5. The van der Waals surface area contributed by atoms with E-state index in [2.05, 4.69) is 57.4 Å². The second-order valence-corrected chi connectivity index (χ2v) is 6.63. The lowest BCUT2D eigenvalue weighted by atomic mass is 9.96. The van der Waals surface area contributed by atoms with Gasteiger partial charge in [0.05, 0.1) is 0 Å². The van der Waals surface area contributed by atoms with Gasteiger partial charge in [-0.2, -0.15) is 0 Å². The largest absolute Gasteiger partial charge is 0.316 e. The molecule has 23 heavy (non-hydrogen) atoms. The van der Waals surface area contributed by atoms with Crippen LogP contribution in [0, 0.1) is 0 Å². The first-order chi connectivity index (χ1) is 11.4. The first-order valence-electron chi connectivity index (χ1n) is 8.06. The highest BCUT2D eigenvalue weighted by molar-refractivity contribution is 7.03.